The maximum atomic E-state index is 10.4. The van der Waals surface area contributed by atoms with Gasteiger partial charge in [0.1, 0.15) is 0 Å². The Labute approximate surface area is 194 Å². The van der Waals surface area contributed by atoms with Crippen LogP contribution in [0.25, 0.3) is 0 Å². The van der Waals surface area contributed by atoms with Gasteiger partial charge in [0.15, 0.2) is 0 Å². The maximum absolute atomic E-state index is 10.4. The largest absolute Gasteiger partial charge is 2.00 e. The van der Waals surface area contributed by atoms with Crippen LogP contribution in [0.15, 0.2) is 0 Å². The molecule has 0 saturated carbocycles. The van der Waals surface area contributed by atoms with Crippen molar-refractivity contribution in [3.8, 4) is 0 Å². The van der Waals surface area contributed by atoms with Crippen LogP contribution in [0.1, 0.15) is 103 Å². The molecule has 0 aliphatic heterocycles. The Bertz CT molecular complexity index is 398. The van der Waals surface area contributed by atoms with Crippen LogP contribution in [0.2, 0.25) is 0 Å². The van der Waals surface area contributed by atoms with Crippen LogP contribution in [-0.4, -0.2) is 73.6 Å². The second kappa shape index (κ2) is 19.7. The van der Waals surface area contributed by atoms with Gasteiger partial charge in [-0.1, -0.05) is 83.5 Å². The Morgan fingerprint density at radius 1 is 0.600 bits per heavy atom. The van der Waals surface area contributed by atoms with Gasteiger partial charge >= 0.3 is 48.9 Å². The zero-order valence-corrected chi connectivity index (χ0v) is 20.9. The van der Waals surface area contributed by atoms with Crippen LogP contribution in [-0.2, 0) is 14.9 Å². The summed E-state index contributed by atoms with van der Waals surface area (Å²) in [5.41, 5.74) is 0. The quantitative estimate of drug-likeness (QED) is 0.164. The molecule has 0 saturated heterocycles. The van der Waals surface area contributed by atoms with E-state index in [1.807, 2.05) is 0 Å². The van der Waals surface area contributed by atoms with E-state index < -0.39 is 16.1 Å². The van der Waals surface area contributed by atoms with Gasteiger partial charge in [0.05, 0.1) is 10.1 Å². The van der Waals surface area contributed by atoms with Crippen molar-refractivity contribution in [1.29, 1.82) is 0 Å². The summed E-state index contributed by atoms with van der Waals surface area (Å²) in [5, 5.41) is 10.2. The minimum Gasteiger partial charge on any atom is -0.748 e. The standard InChI is InChI=1S/C18H36O5S.Ba/c19-18(20)16-14-12-10-8-6-4-2-1-3-5-7-9-11-13-15-17-24(21,22)23;/h1-17H2,(H,19,20)(H,21,22,23);/q;+2/p-2. The van der Waals surface area contributed by atoms with Gasteiger partial charge in [-0.3, -0.25) is 0 Å². The molecular formula is C18H34BaO5S. The minimum absolute atomic E-state index is 0. The summed E-state index contributed by atoms with van der Waals surface area (Å²) < 4.78 is 31.3. The zero-order valence-electron chi connectivity index (χ0n) is 15.7. The Morgan fingerprint density at radius 2 is 0.880 bits per heavy atom. The second-order valence-electron chi connectivity index (χ2n) is 6.69. The molecule has 25 heavy (non-hydrogen) atoms. The van der Waals surface area contributed by atoms with Crippen molar-refractivity contribution < 1.29 is 22.9 Å². The summed E-state index contributed by atoms with van der Waals surface area (Å²) in [6.07, 6.45) is 16.5. The van der Waals surface area contributed by atoms with Gasteiger partial charge < -0.3 is 14.5 Å². The number of hydrogen-bond donors (Lipinski definition) is 0. The minimum atomic E-state index is -4.02. The smallest absolute Gasteiger partial charge is 0.748 e. The van der Waals surface area contributed by atoms with E-state index in [2.05, 4.69) is 0 Å². The number of rotatable bonds is 18. The number of unbranched alkanes of at least 4 members (excludes halogenated alkanes) is 14. The molecule has 0 aliphatic rings. The number of carboxylic acid groups (broad SMARTS) is 1. The van der Waals surface area contributed by atoms with Gasteiger partial charge in [-0.25, -0.2) is 8.42 Å². The van der Waals surface area contributed by atoms with E-state index in [-0.39, 0.29) is 61.1 Å². The first-order chi connectivity index (χ1) is 11.4. The summed E-state index contributed by atoms with van der Waals surface area (Å²) in [7, 11) is -4.02. The van der Waals surface area contributed by atoms with Crippen LogP contribution in [0.3, 0.4) is 0 Å². The molecule has 0 aromatic carbocycles. The van der Waals surface area contributed by atoms with E-state index in [0.717, 1.165) is 38.5 Å². The van der Waals surface area contributed by atoms with Crippen LogP contribution in [0.4, 0.5) is 0 Å². The Balaban J connectivity index is 0. The number of carboxylic acids is 1. The number of carbonyl (C=O) groups excluding carboxylic acids is 1. The fourth-order valence-corrected chi connectivity index (χ4v) is 3.40. The molecule has 7 heteroatoms. The fraction of sp³-hybridized carbons (Fsp3) is 0.944. The molecule has 0 amide bonds. The third-order valence-corrected chi connectivity index (χ3v) is 5.06. The molecule has 0 bridgehead atoms. The first-order valence-electron chi connectivity index (χ1n) is 9.55. The molecule has 0 aromatic rings. The van der Waals surface area contributed by atoms with Gasteiger partial charge in [-0.2, -0.15) is 0 Å². The van der Waals surface area contributed by atoms with Gasteiger partial charge in [-0.15, -0.1) is 0 Å². The zero-order chi connectivity index (χ0) is 18.1. The van der Waals surface area contributed by atoms with E-state index >= 15 is 0 Å². The van der Waals surface area contributed by atoms with E-state index in [0.29, 0.717) is 6.42 Å². The van der Waals surface area contributed by atoms with Crippen molar-refractivity contribution in [2.75, 3.05) is 5.75 Å². The summed E-state index contributed by atoms with van der Waals surface area (Å²) in [4.78, 5) is 10.2. The first kappa shape index (κ1) is 28.2. The van der Waals surface area contributed by atoms with Crippen molar-refractivity contribution >= 4 is 65.0 Å². The average Bonchev–Trinajstić information content (AvgIpc) is 2.49. The predicted octanol–water partition coefficient (Wildman–Crippen LogP) is 3.14. The van der Waals surface area contributed by atoms with E-state index in [4.69, 9.17) is 0 Å². The van der Waals surface area contributed by atoms with Crippen LogP contribution < -0.4 is 5.11 Å². The molecule has 0 spiro atoms. The van der Waals surface area contributed by atoms with Gasteiger partial charge in [0.2, 0.25) is 0 Å². The molecular weight excluding hydrogens is 466 g/mol. The van der Waals surface area contributed by atoms with Crippen molar-refractivity contribution in [3.63, 3.8) is 0 Å². The molecule has 0 rings (SSSR count). The van der Waals surface area contributed by atoms with Crippen LogP contribution >= 0.6 is 0 Å². The maximum Gasteiger partial charge on any atom is 2.00 e. The third-order valence-electron chi connectivity index (χ3n) is 4.28. The van der Waals surface area contributed by atoms with Crippen molar-refractivity contribution in [2.45, 2.75) is 103 Å². The van der Waals surface area contributed by atoms with Gasteiger partial charge in [0, 0.05) is 11.7 Å². The predicted molar refractivity (Wildman–Crippen MR) is 99.2 cm³/mol. The third kappa shape index (κ3) is 27.3. The van der Waals surface area contributed by atoms with E-state index in [9.17, 15) is 22.9 Å². The van der Waals surface area contributed by atoms with Crippen molar-refractivity contribution in [3.05, 3.63) is 0 Å². The fourth-order valence-electron chi connectivity index (χ4n) is 2.85. The molecule has 5 nitrogen and oxygen atoms in total. The monoisotopic (exact) mass is 500 g/mol. The van der Waals surface area contributed by atoms with Crippen molar-refractivity contribution in [2.24, 2.45) is 0 Å². The Hall–Kier alpha value is 0.951. The van der Waals surface area contributed by atoms with Crippen LogP contribution in [0.5, 0.6) is 0 Å². The molecule has 0 aliphatic carbocycles. The molecule has 0 unspecified atom stereocenters. The topological polar surface area (TPSA) is 97.3 Å². The number of carbonyl (C=O) groups is 1. The second-order valence-corrected chi connectivity index (χ2v) is 8.21. The van der Waals surface area contributed by atoms with Crippen LogP contribution in [0, 0.1) is 0 Å². The van der Waals surface area contributed by atoms with E-state index in [1.165, 1.54) is 51.4 Å². The summed E-state index contributed by atoms with van der Waals surface area (Å²) in [6, 6.07) is 0. The molecule has 0 heterocycles. The van der Waals surface area contributed by atoms with Gasteiger partial charge in [-0.05, 0) is 19.3 Å². The molecule has 144 valence electrons. The summed E-state index contributed by atoms with van der Waals surface area (Å²) >= 11 is 0. The molecule has 0 N–H and O–H groups in total. The Kier molecular flexibility index (Phi) is 22.2. The summed E-state index contributed by atoms with van der Waals surface area (Å²) in [5.74, 6) is -1.16. The number of aliphatic carboxylic acids is 1. The van der Waals surface area contributed by atoms with Crippen molar-refractivity contribution in [1.82, 2.24) is 0 Å². The molecule has 0 fully saturated rings. The molecule has 0 aromatic heterocycles. The average molecular weight is 500 g/mol. The molecule has 0 atom stereocenters. The van der Waals surface area contributed by atoms with E-state index in [1.54, 1.807) is 0 Å². The normalized spacial score (nSPS) is 11.2. The summed E-state index contributed by atoms with van der Waals surface area (Å²) in [6.45, 7) is 0. The SMILES string of the molecule is O=C([O-])CCCCCCCCCCCCCCCCCS(=O)(=O)[O-].[Ba+2]. The molecule has 0 radical (unpaired) electrons. The number of hydrogen-bond acceptors (Lipinski definition) is 5. The first-order valence-corrected chi connectivity index (χ1v) is 11.1. The Morgan fingerprint density at radius 3 is 1.16 bits per heavy atom. The van der Waals surface area contributed by atoms with Gasteiger partial charge in [0.25, 0.3) is 0 Å².